The Morgan fingerprint density at radius 3 is 2.63 bits per heavy atom. The molecule has 0 unspecified atom stereocenters. The second kappa shape index (κ2) is 8.54. The van der Waals surface area contributed by atoms with Gasteiger partial charge < -0.3 is 15.6 Å². The van der Waals surface area contributed by atoms with Gasteiger partial charge in [0.25, 0.3) is 5.56 Å². The van der Waals surface area contributed by atoms with Crippen LogP contribution in [0.15, 0.2) is 64.5 Å². The van der Waals surface area contributed by atoms with Gasteiger partial charge in [0.2, 0.25) is 11.8 Å². The van der Waals surface area contributed by atoms with Crippen LogP contribution in [0.5, 0.6) is 0 Å². The highest BCUT2D eigenvalue weighted by Gasteiger charge is 2.34. The van der Waals surface area contributed by atoms with Crippen molar-refractivity contribution in [2.75, 3.05) is 10.6 Å². The van der Waals surface area contributed by atoms with Crippen molar-refractivity contribution >= 4 is 35.1 Å². The summed E-state index contributed by atoms with van der Waals surface area (Å²) in [5.41, 5.74) is 2.65. The molecule has 3 N–H and O–H groups in total. The average molecular weight is 420 g/mol. The molecule has 0 saturated heterocycles. The lowest BCUT2D eigenvalue weighted by Crippen LogP contribution is -2.36. The Morgan fingerprint density at radius 1 is 1.13 bits per heavy atom. The standard InChI is InChI=1S/C22H20N4O3S/c1-13-7-5-6-8-14(13)12-30-22-25-19-18(21(29)26-22)16(11-17(27)24-19)20(28)23-15-9-3-2-4-10-15/h2-10,16H,11-12H2,1H3,(H,23,28)(H2,24,25,26,27,29)/t16-/m0/s1. The van der Waals surface area contributed by atoms with Gasteiger partial charge in [0.1, 0.15) is 5.82 Å². The van der Waals surface area contributed by atoms with E-state index >= 15 is 0 Å². The molecular weight excluding hydrogens is 400 g/mol. The second-order valence-corrected chi connectivity index (χ2v) is 7.97. The summed E-state index contributed by atoms with van der Waals surface area (Å²) >= 11 is 1.37. The first kappa shape index (κ1) is 19.9. The molecule has 0 fully saturated rings. The van der Waals surface area contributed by atoms with E-state index < -0.39 is 17.4 Å². The number of carbonyl (C=O) groups excluding carboxylic acids is 2. The quantitative estimate of drug-likeness (QED) is 0.433. The second-order valence-electron chi connectivity index (χ2n) is 7.01. The highest BCUT2D eigenvalue weighted by molar-refractivity contribution is 7.98. The molecule has 3 aromatic rings. The fourth-order valence-corrected chi connectivity index (χ4v) is 4.25. The van der Waals surface area contributed by atoms with Gasteiger partial charge in [-0.25, -0.2) is 4.98 Å². The van der Waals surface area contributed by atoms with Crippen LogP contribution in [0, 0.1) is 6.92 Å². The molecule has 1 atom stereocenters. The van der Waals surface area contributed by atoms with Crippen molar-refractivity contribution in [1.82, 2.24) is 9.97 Å². The number of anilines is 2. The lowest BCUT2D eigenvalue weighted by Gasteiger charge is -2.23. The first-order chi connectivity index (χ1) is 14.5. The van der Waals surface area contributed by atoms with Crippen LogP contribution >= 0.6 is 11.8 Å². The number of hydrogen-bond acceptors (Lipinski definition) is 5. The third-order valence-corrected chi connectivity index (χ3v) is 5.83. The Balaban J connectivity index is 1.59. The lowest BCUT2D eigenvalue weighted by molar-refractivity contribution is -0.123. The molecule has 152 valence electrons. The molecule has 4 rings (SSSR count). The summed E-state index contributed by atoms with van der Waals surface area (Å²) in [6.07, 6.45) is -0.105. The molecule has 0 radical (unpaired) electrons. The number of carbonyl (C=O) groups is 2. The molecule has 0 aliphatic carbocycles. The van der Waals surface area contributed by atoms with E-state index in [-0.39, 0.29) is 23.7 Å². The number of H-pyrrole nitrogens is 1. The van der Waals surface area contributed by atoms with Crippen LogP contribution in [-0.4, -0.2) is 21.8 Å². The SMILES string of the molecule is Cc1ccccc1CSc1nc2c(c(=O)[nH]1)[C@@H](C(=O)Nc1ccccc1)CC(=O)N2. The maximum atomic E-state index is 12.8. The molecule has 8 heteroatoms. The first-order valence-electron chi connectivity index (χ1n) is 9.48. The summed E-state index contributed by atoms with van der Waals surface area (Å²) in [5, 5.41) is 5.79. The highest BCUT2D eigenvalue weighted by atomic mass is 32.2. The monoisotopic (exact) mass is 420 g/mol. The van der Waals surface area contributed by atoms with Gasteiger partial charge in [-0.3, -0.25) is 14.4 Å². The van der Waals surface area contributed by atoms with Crippen LogP contribution in [0.1, 0.15) is 29.0 Å². The van der Waals surface area contributed by atoms with Gasteiger partial charge in [0.15, 0.2) is 5.16 Å². The molecule has 1 aliphatic rings. The Kier molecular flexibility index (Phi) is 5.67. The largest absolute Gasteiger partial charge is 0.326 e. The highest BCUT2D eigenvalue weighted by Crippen LogP contribution is 2.31. The zero-order valence-electron chi connectivity index (χ0n) is 16.3. The fourth-order valence-electron chi connectivity index (χ4n) is 3.31. The van der Waals surface area contributed by atoms with Crippen LogP contribution in [0.25, 0.3) is 0 Å². The molecule has 1 aliphatic heterocycles. The van der Waals surface area contributed by atoms with E-state index in [9.17, 15) is 14.4 Å². The van der Waals surface area contributed by atoms with Crippen LogP contribution in [0.3, 0.4) is 0 Å². The van der Waals surface area contributed by atoms with Gasteiger partial charge in [0, 0.05) is 17.9 Å². The average Bonchev–Trinajstić information content (AvgIpc) is 2.73. The van der Waals surface area contributed by atoms with Gasteiger partial charge in [-0.2, -0.15) is 0 Å². The number of thioether (sulfide) groups is 1. The predicted octanol–water partition coefficient (Wildman–Crippen LogP) is 3.44. The zero-order valence-corrected chi connectivity index (χ0v) is 17.1. The van der Waals surface area contributed by atoms with E-state index in [4.69, 9.17) is 0 Å². The molecule has 30 heavy (non-hydrogen) atoms. The van der Waals surface area contributed by atoms with Gasteiger partial charge in [0.05, 0.1) is 11.5 Å². The zero-order chi connectivity index (χ0) is 21.1. The number of aryl methyl sites for hydroxylation is 1. The minimum absolute atomic E-state index is 0.105. The summed E-state index contributed by atoms with van der Waals surface area (Å²) in [6, 6.07) is 16.9. The number of nitrogens with zero attached hydrogens (tertiary/aromatic N) is 1. The van der Waals surface area contributed by atoms with Crippen molar-refractivity contribution in [3.63, 3.8) is 0 Å². The number of aromatic amines is 1. The predicted molar refractivity (Wildman–Crippen MR) is 117 cm³/mol. The van der Waals surface area contributed by atoms with Gasteiger partial charge in [-0.1, -0.05) is 54.2 Å². The summed E-state index contributed by atoms with van der Waals surface area (Å²) in [4.78, 5) is 44.9. The normalized spacial score (nSPS) is 15.2. The van der Waals surface area contributed by atoms with Crippen molar-refractivity contribution in [3.8, 4) is 0 Å². The van der Waals surface area contributed by atoms with E-state index in [2.05, 4.69) is 20.6 Å². The molecule has 2 aromatic carbocycles. The minimum Gasteiger partial charge on any atom is -0.326 e. The van der Waals surface area contributed by atoms with Crippen molar-refractivity contribution in [2.24, 2.45) is 0 Å². The molecule has 0 bridgehead atoms. The molecule has 2 heterocycles. The summed E-state index contributed by atoms with van der Waals surface area (Å²) in [7, 11) is 0. The molecular formula is C22H20N4O3S. The molecule has 7 nitrogen and oxygen atoms in total. The Hall–Kier alpha value is -3.39. The van der Waals surface area contributed by atoms with Gasteiger partial charge in [-0.05, 0) is 30.2 Å². The van der Waals surface area contributed by atoms with Gasteiger partial charge in [-0.15, -0.1) is 0 Å². The van der Waals surface area contributed by atoms with E-state index in [0.717, 1.165) is 11.1 Å². The molecule has 0 spiro atoms. The van der Waals surface area contributed by atoms with Crippen LogP contribution in [-0.2, 0) is 15.3 Å². The van der Waals surface area contributed by atoms with Crippen LogP contribution in [0.4, 0.5) is 11.5 Å². The Bertz CT molecular complexity index is 1160. The van der Waals surface area contributed by atoms with Crippen LogP contribution < -0.4 is 16.2 Å². The van der Waals surface area contributed by atoms with E-state index in [1.165, 1.54) is 11.8 Å². The van der Waals surface area contributed by atoms with Crippen molar-refractivity contribution < 1.29 is 9.59 Å². The van der Waals surface area contributed by atoms with Crippen molar-refractivity contribution in [3.05, 3.63) is 81.6 Å². The van der Waals surface area contributed by atoms with Crippen molar-refractivity contribution in [1.29, 1.82) is 0 Å². The van der Waals surface area contributed by atoms with Crippen LogP contribution in [0.2, 0.25) is 0 Å². The van der Waals surface area contributed by atoms with E-state index in [1.54, 1.807) is 24.3 Å². The lowest BCUT2D eigenvalue weighted by atomic mass is 9.92. The van der Waals surface area contributed by atoms with E-state index in [1.807, 2.05) is 37.3 Å². The topological polar surface area (TPSA) is 104 Å². The number of fused-ring (bicyclic) bond motifs is 1. The Labute approximate surface area is 177 Å². The maximum absolute atomic E-state index is 12.8. The Morgan fingerprint density at radius 2 is 1.87 bits per heavy atom. The number of amides is 2. The summed E-state index contributed by atoms with van der Waals surface area (Å²) in [5.74, 6) is -0.884. The van der Waals surface area contributed by atoms with E-state index in [0.29, 0.717) is 16.6 Å². The molecule has 0 saturated carbocycles. The number of benzene rings is 2. The van der Waals surface area contributed by atoms with Gasteiger partial charge >= 0.3 is 0 Å². The third kappa shape index (κ3) is 4.28. The minimum atomic E-state index is -0.902. The maximum Gasteiger partial charge on any atom is 0.257 e. The molecule has 2 amide bonds. The number of para-hydroxylation sites is 1. The summed E-state index contributed by atoms with van der Waals surface area (Å²) in [6.45, 7) is 2.02. The number of nitrogens with one attached hydrogen (secondary N) is 3. The number of hydrogen-bond donors (Lipinski definition) is 3. The number of aromatic nitrogens is 2. The third-order valence-electron chi connectivity index (χ3n) is 4.91. The fraction of sp³-hybridized carbons (Fsp3) is 0.182. The first-order valence-corrected chi connectivity index (χ1v) is 10.5. The number of rotatable bonds is 5. The molecule has 1 aromatic heterocycles. The van der Waals surface area contributed by atoms with Crippen molar-refractivity contribution in [2.45, 2.75) is 30.2 Å². The summed E-state index contributed by atoms with van der Waals surface area (Å²) < 4.78 is 0. The smallest absolute Gasteiger partial charge is 0.257 e.